The smallest absolute Gasteiger partial charge is 0.118 e. The van der Waals surface area contributed by atoms with Crippen LogP contribution in [0.4, 0.5) is 0 Å². The van der Waals surface area contributed by atoms with Gasteiger partial charge in [-0.25, -0.2) is 0 Å². The first-order valence-corrected chi connectivity index (χ1v) is 4.81. The molecule has 2 rings (SSSR count). The highest BCUT2D eigenvalue weighted by Gasteiger charge is 2.44. The number of nitrogens with zero attached hydrogens (tertiary/aromatic N) is 1. The first-order chi connectivity index (χ1) is 5.77. The lowest BCUT2D eigenvalue weighted by molar-refractivity contribution is 0.300. The summed E-state index contributed by atoms with van der Waals surface area (Å²) in [7, 11) is 0. The predicted molar refractivity (Wildman–Crippen MR) is 49.9 cm³/mol. The van der Waals surface area contributed by atoms with Crippen molar-refractivity contribution in [2.45, 2.75) is 18.9 Å². The summed E-state index contributed by atoms with van der Waals surface area (Å²) in [6.07, 6.45) is 4.68. The fourth-order valence-corrected chi connectivity index (χ4v) is 1.69. The van der Waals surface area contributed by atoms with Gasteiger partial charge in [0.05, 0.1) is 6.61 Å². The number of ether oxygens (including phenoxy) is 1. The molecule has 1 atom stereocenters. The standard InChI is InChI=1S/C9H10BrNO/c1-2-9(6-12-9)7-3-8(10)5-11-4-7/h3-5H,2,6H2,1H3/t9-/m1/s1. The van der Waals surface area contributed by atoms with Crippen LogP contribution in [0.3, 0.4) is 0 Å². The van der Waals surface area contributed by atoms with E-state index >= 15 is 0 Å². The fourth-order valence-electron chi connectivity index (χ4n) is 1.32. The molecule has 1 fully saturated rings. The topological polar surface area (TPSA) is 25.4 Å². The van der Waals surface area contributed by atoms with Crippen LogP contribution in [0.2, 0.25) is 0 Å². The van der Waals surface area contributed by atoms with Gasteiger partial charge in [0.1, 0.15) is 5.60 Å². The van der Waals surface area contributed by atoms with Gasteiger partial charge in [-0.2, -0.15) is 0 Å². The number of rotatable bonds is 2. The number of hydrogen-bond donors (Lipinski definition) is 0. The van der Waals surface area contributed by atoms with Crippen molar-refractivity contribution in [2.75, 3.05) is 6.61 Å². The molecule has 0 amide bonds. The monoisotopic (exact) mass is 227 g/mol. The quantitative estimate of drug-likeness (QED) is 0.726. The molecule has 1 saturated heterocycles. The highest BCUT2D eigenvalue weighted by molar-refractivity contribution is 9.10. The maximum atomic E-state index is 5.43. The second-order valence-corrected chi connectivity index (χ2v) is 3.94. The minimum Gasteiger partial charge on any atom is -0.364 e. The second-order valence-electron chi connectivity index (χ2n) is 3.03. The van der Waals surface area contributed by atoms with Crippen LogP contribution in [-0.4, -0.2) is 11.6 Å². The highest BCUT2D eigenvalue weighted by atomic mass is 79.9. The van der Waals surface area contributed by atoms with E-state index in [1.54, 1.807) is 6.20 Å². The predicted octanol–water partition coefficient (Wildman–Crippen LogP) is 2.48. The summed E-state index contributed by atoms with van der Waals surface area (Å²) in [5, 5.41) is 0. The van der Waals surface area contributed by atoms with Gasteiger partial charge in [-0.3, -0.25) is 4.98 Å². The number of hydrogen-bond acceptors (Lipinski definition) is 2. The third-order valence-electron chi connectivity index (χ3n) is 2.29. The Morgan fingerprint density at radius 2 is 2.42 bits per heavy atom. The molecule has 0 unspecified atom stereocenters. The van der Waals surface area contributed by atoms with Gasteiger partial charge in [0.25, 0.3) is 0 Å². The SMILES string of the molecule is CC[C@]1(c2cncc(Br)c2)CO1. The number of pyridine rings is 1. The molecular formula is C9H10BrNO. The molecule has 0 N–H and O–H groups in total. The lowest BCUT2D eigenvalue weighted by Gasteiger charge is -2.07. The summed E-state index contributed by atoms with van der Waals surface area (Å²) in [5.41, 5.74) is 1.16. The maximum Gasteiger partial charge on any atom is 0.118 e. The molecule has 64 valence electrons. The van der Waals surface area contributed by atoms with Crippen molar-refractivity contribution in [1.29, 1.82) is 0 Å². The Morgan fingerprint density at radius 3 is 2.92 bits per heavy atom. The normalized spacial score (nSPS) is 27.2. The molecule has 0 bridgehead atoms. The Hall–Kier alpha value is -0.410. The van der Waals surface area contributed by atoms with Crippen LogP contribution in [0, 0.1) is 0 Å². The van der Waals surface area contributed by atoms with Gasteiger partial charge in [-0.05, 0) is 28.4 Å². The molecule has 2 nitrogen and oxygen atoms in total. The average molecular weight is 228 g/mol. The van der Waals surface area contributed by atoms with Crippen molar-refractivity contribution in [3.8, 4) is 0 Å². The highest BCUT2D eigenvalue weighted by Crippen LogP contribution is 2.41. The fraction of sp³-hybridized carbons (Fsp3) is 0.444. The largest absolute Gasteiger partial charge is 0.364 e. The second kappa shape index (κ2) is 2.82. The number of epoxide rings is 1. The Kier molecular flexibility index (Phi) is 1.93. The molecular weight excluding hydrogens is 218 g/mol. The molecule has 0 aliphatic carbocycles. The van der Waals surface area contributed by atoms with Crippen molar-refractivity contribution >= 4 is 15.9 Å². The van der Waals surface area contributed by atoms with Gasteiger partial charge < -0.3 is 4.74 Å². The number of halogens is 1. The zero-order valence-electron chi connectivity index (χ0n) is 6.88. The third kappa shape index (κ3) is 1.27. The van der Waals surface area contributed by atoms with Gasteiger partial charge in [-0.15, -0.1) is 0 Å². The lowest BCUT2D eigenvalue weighted by atomic mass is 10.00. The van der Waals surface area contributed by atoms with Gasteiger partial charge >= 0.3 is 0 Å². The molecule has 12 heavy (non-hydrogen) atoms. The molecule has 1 aromatic rings. The van der Waals surface area contributed by atoms with E-state index < -0.39 is 0 Å². The Morgan fingerprint density at radius 1 is 1.67 bits per heavy atom. The molecule has 0 radical (unpaired) electrons. The van der Waals surface area contributed by atoms with Crippen LogP contribution in [0.5, 0.6) is 0 Å². The summed E-state index contributed by atoms with van der Waals surface area (Å²) < 4.78 is 6.44. The lowest BCUT2D eigenvalue weighted by Crippen LogP contribution is -2.06. The summed E-state index contributed by atoms with van der Waals surface area (Å²) in [6, 6.07) is 2.07. The van der Waals surface area contributed by atoms with Gasteiger partial charge in [0.15, 0.2) is 0 Å². The molecule has 0 aromatic carbocycles. The van der Waals surface area contributed by atoms with Crippen molar-refractivity contribution in [3.63, 3.8) is 0 Å². The summed E-state index contributed by atoms with van der Waals surface area (Å²) in [4.78, 5) is 4.11. The van der Waals surface area contributed by atoms with E-state index in [1.807, 2.05) is 6.20 Å². The minimum atomic E-state index is -0.0171. The van der Waals surface area contributed by atoms with Crippen molar-refractivity contribution in [2.24, 2.45) is 0 Å². The Bertz CT molecular complexity index is 296. The molecule has 2 heterocycles. The van der Waals surface area contributed by atoms with Crippen LogP contribution < -0.4 is 0 Å². The number of aromatic nitrogens is 1. The molecule has 0 spiro atoms. The van der Waals surface area contributed by atoms with Gasteiger partial charge in [0, 0.05) is 22.4 Å². The van der Waals surface area contributed by atoms with Gasteiger partial charge in [-0.1, -0.05) is 6.92 Å². The first-order valence-electron chi connectivity index (χ1n) is 4.02. The summed E-state index contributed by atoms with van der Waals surface area (Å²) in [5.74, 6) is 0. The summed E-state index contributed by atoms with van der Waals surface area (Å²) in [6.45, 7) is 2.97. The Balaban J connectivity index is 2.34. The van der Waals surface area contributed by atoms with E-state index in [9.17, 15) is 0 Å². The van der Waals surface area contributed by atoms with E-state index in [0.717, 1.165) is 17.5 Å². The zero-order valence-corrected chi connectivity index (χ0v) is 8.47. The molecule has 3 heteroatoms. The van der Waals surface area contributed by atoms with E-state index in [4.69, 9.17) is 4.74 Å². The van der Waals surface area contributed by atoms with Crippen LogP contribution in [0.15, 0.2) is 22.9 Å². The van der Waals surface area contributed by atoms with Gasteiger partial charge in [0.2, 0.25) is 0 Å². The zero-order chi connectivity index (χ0) is 8.60. The van der Waals surface area contributed by atoms with E-state index in [0.29, 0.717) is 0 Å². The summed E-state index contributed by atoms with van der Waals surface area (Å²) >= 11 is 3.39. The molecule has 0 saturated carbocycles. The van der Waals surface area contributed by atoms with Crippen LogP contribution in [0.1, 0.15) is 18.9 Å². The van der Waals surface area contributed by atoms with E-state index in [1.165, 1.54) is 5.56 Å². The van der Waals surface area contributed by atoms with E-state index in [2.05, 4.69) is 33.9 Å². The van der Waals surface area contributed by atoms with Crippen molar-refractivity contribution in [3.05, 3.63) is 28.5 Å². The first kappa shape index (κ1) is 8.20. The minimum absolute atomic E-state index is 0.0171. The maximum absolute atomic E-state index is 5.43. The van der Waals surface area contributed by atoms with Crippen molar-refractivity contribution in [1.82, 2.24) is 4.98 Å². The van der Waals surface area contributed by atoms with Crippen LogP contribution in [0.25, 0.3) is 0 Å². The molecule has 1 aromatic heterocycles. The van der Waals surface area contributed by atoms with Crippen LogP contribution >= 0.6 is 15.9 Å². The van der Waals surface area contributed by atoms with Crippen LogP contribution in [-0.2, 0) is 10.3 Å². The van der Waals surface area contributed by atoms with E-state index in [-0.39, 0.29) is 5.60 Å². The van der Waals surface area contributed by atoms with Crippen molar-refractivity contribution < 1.29 is 4.74 Å². The average Bonchev–Trinajstić information content (AvgIpc) is 2.84. The molecule has 1 aliphatic rings. The third-order valence-corrected chi connectivity index (χ3v) is 2.73. The molecule has 1 aliphatic heterocycles. The Labute approximate surface area is 80.1 Å².